The number of hydrogen-bond donors (Lipinski definition) is 1. The van der Waals surface area contributed by atoms with E-state index in [1.165, 1.54) is 0 Å². The van der Waals surface area contributed by atoms with Crippen LogP contribution in [0.2, 0.25) is 0 Å². The van der Waals surface area contributed by atoms with Crippen LogP contribution in [0.15, 0.2) is 29.3 Å². The zero-order valence-corrected chi connectivity index (χ0v) is 13.0. The third-order valence-corrected chi connectivity index (χ3v) is 2.64. The number of likely N-dealkylation sites (N-methyl/N-ethyl adjacent to an activating group) is 1. The molecule has 6 nitrogen and oxygen atoms in total. The van der Waals surface area contributed by atoms with Gasteiger partial charge in [0.2, 0.25) is 0 Å². The van der Waals surface area contributed by atoms with Crippen molar-refractivity contribution in [1.29, 1.82) is 0 Å². The van der Waals surface area contributed by atoms with Crippen LogP contribution in [0.4, 0.5) is 0 Å². The van der Waals surface area contributed by atoms with Gasteiger partial charge >= 0.3 is 0 Å². The van der Waals surface area contributed by atoms with E-state index in [0.29, 0.717) is 24.5 Å². The van der Waals surface area contributed by atoms with Gasteiger partial charge in [0.25, 0.3) is 11.9 Å². The summed E-state index contributed by atoms with van der Waals surface area (Å²) in [5.74, 6) is 0.358. The Bertz CT molecular complexity index is 487. The molecule has 0 aliphatic rings. The number of aliphatic imine (C=N–C) groups is 1. The molecule has 0 aliphatic carbocycles. The van der Waals surface area contributed by atoms with Crippen molar-refractivity contribution in [1.82, 2.24) is 10.2 Å². The van der Waals surface area contributed by atoms with Gasteiger partial charge in [-0.15, -0.1) is 0 Å². The van der Waals surface area contributed by atoms with Crippen molar-refractivity contribution in [3.63, 3.8) is 0 Å². The third kappa shape index (κ3) is 6.27. The summed E-state index contributed by atoms with van der Waals surface area (Å²) in [6.07, 6.45) is 0. The zero-order valence-electron chi connectivity index (χ0n) is 13.0. The fourth-order valence-electron chi connectivity index (χ4n) is 1.54. The number of carbonyl (C=O) groups excluding carboxylic acids is 1. The monoisotopic (exact) mass is 293 g/mol. The normalized spacial score (nSPS) is 11.4. The minimum absolute atomic E-state index is 0.243. The molecule has 1 aromatic carbocycles. The number of methoxy groups -OCH3 is 1. The largest absolute Gasteiger partial charge is 0.497 e. The second-order valence-corrected chi connectivity index (χ2v) is 4.61. The van der Waals surface area contributed by atoms with Crippen molar-refractivity contribution < 1.29 is 14.3 Å². The summed E-state index contributed by atoms with van der Waals surface area (Å²) >= 11 is 0. The Morgan fingerprint density at radius 3 is 2.76 bits per heavy atom. The van der Waals surface area contributed by atoms with Crippen LogP contribution in [-0.2, 0) is 4.74 Å². The van der Waals surface area contributed by atoms with E-state index in [1.807, 2.05) is 25.9 Å². The lowest BCUT2D eigenvalue weighted by Gasteiger charge is -2.11. The van der Waals surface area contributed by atoms with Crippen molar-refractivity contribution in [3.05, 3.63) is 29.8 Å². The highest BCUT2D eigenvalue weighted by Crippen LogP contribution is 2.12. The molecule has 21 heavy (non-hydrogen) atoms. The van der Waals surface area contributed by atoms with Gasteiger partial charge in [-0.3, -0.25) is 10.1 Å². The number of ether oxygens (including phenoxy) is 2. The highest BCUT2D eigenvalue weighted by Gasteiger charge is 2.10. The maximum Gasteiger partial charge on any atom is 0.291 e. The molecule has 0 heterocycles. The highest BCUT2D eigenvalue weighted by atomic mass is 16.5. The number of carbonyl (C=O) groups is 1. The summed E-state index contributed by atoms with van der Waals surface area (Å²) < 4.78 is 10.4. The number of rotatable bonds is 6. The van der Waals surface area contributed by atoms with E-state index in [0.717, 1.165) is 6.54 Å². The van der Waals surface area contributed by atoms with E-state index in [2.05, 4.69) is 10.3 Å². The Balaban J connectivity index is 2.70. The molecule has 6 heteroatoms. The predicted octanol–water partition coefficient (Wildman–Crippen LogP) is 1.38. The predicted molar refractivity (Wildman–Crippen MR) is 82.9 cm³/mol. The average Bonchev–Trinajstić information content (AvgIpc) is 2.47. The van der Waals surface area contributed by atoms with E-state index in [-0.39, 0.29) is 11.9 Å². The van der Waals surface area contributed by atoms with Gasteiger partial charge in [-0.25, -0.2) is 4.99 Å². The van der Waals surface area contributed by atoms with Crippen LogP contribution in [0.3, 0.4) is 0 Å². The van der Waals surface area contributed by atoms with Crippen LogP contribution in [0.1, 0.15) is 17.3 Å². The maximum atomic E-state index is 12.2. The molecular weight excluding hydrogens is 270 g/mol. The molecule has 116 valence electrons. The molecule has 1 rings (SSSR count). The van der Waals surface area contributed by atoms with Crippen LogP contribution in [-0.4, -0.2) is 57.7 Å². The lowest BCUT2D eigenvalue weighted by molar-refractivity contribution is 0.0966. The van der Waals surface area contributed by atoms with Crippen LogP contribution >= 0.6 is 0 Å². The maximum absolute atomic E-state index is 12.2. The lowest BCUT2D eigenvalue weighted by atomic mass is 10.2. The lowest BCUT2D eigenvalue weighted by Crippen LogP contribution is -2.33. The van der Waals surface area contributed by atoms with Crippen molar-refractivity contribution in [3.8, 4) is 5.75 Å². The molecule has 0 saturated heterocycles. The molecule has 1 amide bonds. The Morgan fingerprint density at radius 1 is 1.38 bits per heavy atom. The molecule has 0 atom stereocenters. The number of nitrogens with one attached hydrogen (secondary N) is 1. The molecule has 0 saturated carbocycles. The molecule has 0 unspecified atom stereocenters. The first-order valence-electron chi connectivity index (χ1n) is 6.84. The van der Waals surface area contributed by atoms with Crippen molar-refractivity contribution in [2.24, 2.45) is 4.99 Å². The summed E-state index contributed by atoms with van der Waals surface area (Å²) in [5, 5.41) is 2.67. The van der Waals surface area contributed by atoms with Gasteiger partial charge in [0.05, 0.1) is 20.3 Å². The number of benzene rings is 1. The topological polar surface area (TPSA) is 63.2 Å². The summed E-state index contributed by atoms with van der Waals surface area (Å²) in [4.78, 5) is 18.4. The molecule has 1 aromatic rings. The smallest absolute Gasteiger partial charge is 0.291 e. The molecule has 0 fully saturated rings. The van der Waals surface area contributed by atoms with E-state index < -0.39 is 0 Å². The van der Waals surface area contributed by atoms with Gasteiger partial charge in [-0.05, 0) is 39.2 Å². The van der Waals surface area contributed by atoms with E-state index in [9.17, 15) is 4.79 Å². The summed E-state index contributed by atoms with van der Waals surface area (Å²) in [6, 6.07) is 7.16. The second-order valence-electron chi connectivity index (χ2n) is 4.61. The first-order chi connectivity index (χ1) is 10.1. The second kappa shape index (κ2) is 8.97. The molecule has 0 spiro atoms. The van der Waals surface area contributed by atoms with Gasteiger partial charge in [0.15, 0.2) is 0 Å². The Morgan fingerprint density at radius 2 is 2.14 bits per heavy atom. The third-order valence-electron chi connectivity index (χ3n) is 2.64. The first kappa shape index (κ1) is 17.0. The molecule has 1 N–H and O–H groups in total. The van der Waals surface area contributed by atoms with Gasteiger partial charge in [0, 0.05) is 12.1 Å². The van der Waals surface area contributed by atoms with Crippen molar-refractivity contribution in [2.75, 3.05) is 40.9 Å². The van der Waals surface area contributed by atoms with E-state index >= 15 is 0 Å². The van der Waals surface area contributed by atoms with Gasteiger partial charge in [-0.1, -0.05) is 6.07 Å². The number of amides is 1. The Hall–Kier alpha value is -2.08. The van der Waals surface area contributed by atoms with Crippen LogP contribution in [0, 0.1) is 0 Å². The Labute approximate surface area is 125 Å². The zero-order chi connectivity index (χ0) is 15.7. The van der Waals surface area contributed by atoms with Crippen molar-refractivity contribution in [2.45, 2.75) is 6.92 Å². The van der Waals surface area contributed by atoms with Crippen LogP contribution in [0.25, 0.3) is 0 Å². The summed E-state index contributed by atoms with van der Waals surface area (Å²) in [7, 11) is 5.49. The van der Waals surface area contributed by atoms with Gasteiger partial charge in [0.1, 0.15) is 5.75 Å². The first-order valence-corrected chi connectivity index (χ1v) is 6.84. The minimum atomic E-state index is -0.272. The molecule has 0 aromatic heterocycles. The molecule has 0 aliphatic heterocycles. The van der Waals surface area contributed by atoms with Gasteiger partial charge in [-0.2, -0.15) is 0 Å². The Kier molecular flexibility index (Phi) is 7.25. The van der Waals surface area contributed by atoms with Crippen molar-refractivity contribution >= 4 is 11.9 Å². The van der Waals surface area contributed by atoms with Crippen LogP contribution < -0.4 is 10.1 Å². The summed E-state index contributed by atoms with van der Waals surface area (Å²) in [5.41, 5.74) is 0.495. The number of nitrogens with zero attached hydrogens (tertiary/aromatic N) is 2. The fourth-order valence-corrected chi connectivity index (χ4v) is 1.54. The highest BCUT2D eigenvalue weighted by molar-refractivity contribution is 6.04. The molecular formula is C15H23N3O3. The molecule has 0 bridgehead atoms. The minimum Gasteiger partial charge on any atom is -0.497 e. The fraction of sp³-hybridized carbons (Fsp3) is 0.467. The standard InChI is InChI=1S/C15H23N3O3/c1-5-21-15(16-9-10-18(2)3)17-14(19)12-7-6-8-13(11-12)20-4/h6-8,11H,5,9-10H2,1-4H3,(H,16,17,19). The van der Waals surface area contributed by atoms with E-state index in [1.54, 1.807) is 31.4 Å². The number of amidine groups is 1. The summed E-state index contributed by atoms with van der Waals surface area (Å²) in [6.45, 7) is 3.63. The number of hydrogen-bond acceptors (Lipinski definition) is 5. The van der Waals surface area contributed by atoms with Gasteiger partial charge < -0.3 is 14.4 Å². The quantitative estimate of drug-likeness (QED) is 0.636. The van der Waals surface area contributed by atoms with E-state index in [4.69, 9.17) is 9.47 Å². The average molecular weight is 293 g/mol. The SMILES string of the molecule is CCOC(=NCCN(C)C)NC(=O)c1cccc(OC)c1. The van der Waals surface area contributed by atoms with Crippen LogP contribution in [0.5, 0.6) is 5.75 Å². The molecule has 0 radical (unpaired) electrons.